The van der Waals surface area contributed by atoms with E-state index in [1.54, 1.807) is 0 Å². The molecule has 25 heavy (non-hydrogen) atoms. The summed E-state index contributed by atoms with van der Waals surface area (Å²) >= 11 is 0. The van der Waals surface area contributed by atoms with Crippen molar-refractivity contribution in [3.8, 4) is 0 Å². The minimum absolute atomic E-state index is 0.0461. The first kappa shape index (κ1) is 17.7. The third-order valence-corrected chi connectivity index (χ3v) is 5.43. The summed E-state index contributed by atoms with van der Waals surface area (Å²) < 4.78 is 0. The largest absolute Gasteiger partial charge is 0.465 e. The molecule has 1 aliphatic heterocycles. The highest BCUT2D eigenvalue weighted by Crippen LogP contribution is 2.32. The van der Waals surface area contributed by atoms with E-state index in [1.165, 1.54) is 16.0 Å². The molecule has 136 valence electrons. The van der Waals surface area contributed by atoms with E-state index in [1.807, 2.05) is 11.0 Å². The average Bonchev–Trinajstić information content (AvgIpc) is 3.40. The SMILES string of the molecule is Cc1cccc(CN(C(=O)[C@H]2C[C@@H](N)CN(C(=O)O)C2)C2CC2)c1C. The van der Waals surface area contributed by atoms with Crippen molar-refractivity contribution in [3.05, 3.63) is 34.9 Å². The van der Waals surface area contributed by atoms with Gasteiger partial charge in [-0.1, -0.05) is 18.2 Å². The summed E-state index contributed by atoms with van der Waals surface area (Å²) in [5, 5.41) is 9.26. The first-order chi connectivity index (χ1) is 11.9. The topological polar surface area (TPSA) is 86.9 Å². The van der Waals surface area contributed by atoms with Gasteiger partial charge in [0, 0.05) is 31.7 Å². The van der Waals surface area contributed by atoms with E-state index in [4.69, 9.17) is 5.73 Å². The first-order valence-corrected chi connectivity index (χ1v) is 8.96. The molecule has 3 N–H and O–H groups in total. The number of aryl methyl sites for hydroxylation is 1. The van der Waals surface area contributed by atoms with E-state index < -0.39 is 6.09 Å². The molecule has 2 fully saturated rings. The van der Waals surface area contributed by atoms with E-state index in [-0.39, 0.29) is 30.5 Å². The van der Waals surface area contributed by atoms with Gasteiger partial charge in [0.25, 0.3) is 0 Å². The van der Waals surface area contributed by atoms with Gasteiger partial charge in [0.05, 0.1) is 5.92 Å². The van der Waals surface area contributed by atoms with Crippen molar-refractivity contribution in [1.82, 2.24) is 9.80 Å². The molecule has 6 heteroatoms. The van der Waals surface area contributed by atoms with Crippen molar-refractivity contribution in [2.24, 2.45) is 11.7 Å². The van der Waals surface area contributed by atoms with Crippen LogP contribution in [0.4, 0.5) is 4.79 Å². The summed E-state index contributed by atoms with van der Waals surface area (Å²) in [7, 11) is 0. The molecular formula is C19H27N3O3. The molecule has 0 bridgehead atoms. The Kier molecular flexibility index (Phi) is 4.99. The fourth-order valence-corrected chi connectivity index (χ4v) is 3.65. The highest BCUT2D eigenvalue weighted by Gasteiger charge is 2.39. The molecule has 1 aromatic carbocycles. The van der Waals surface area contributed by atoms with Gasteiger partial charge in [0.2, 0.25) is 5.91 Å². The van der Waals surface area contributed by atoms with Crippen LogP contribution in [-0.2, 0) is 11.3 Å². The Hall–Kier alpha value is -2.08. The molecule has 0 unspecified atom stereocenters. The van der Waals surface area contributed by atoms with Crippen molar-refractivity contribution in [1.29, 1.82) is 0 Å². The Morgan fingerprint density at radius 3 is 2.64 bits per heavy atom. The number of piperidine rings is 1. The van der Waals surface area contributed by atoms with Crippen LogP contribution >= 0.6 is 0 Å². The Morgan fingerprint density at radius 1 is 1.28 bits per heavy atom. The fraction of sp³-hybridized carbons (Fsp3) is 0.579. The van der Waals surface area contributed by atoms with Crippen molar-refractivity contribution >= 4 is 12.0 Å². The van der Waals surface area contributed by atoms with Gasteiger partial charge >= 0.3 is 6.09 Å². The molecule has 2 amide bonds. The van der Waals surface area contributed by atoms with Crippen molar-refractivity contribution in [3.63, 3.8) is 0 Å². The monoisotopic (exact) mass is 345 g/mol. The van der Waals surface area contributed by atoms with Crippen molar-refractivity contribution in [2.45, 2.75) is 51.7 Å². The summed E-state index contributed by atoms with van der Waals surface area (Å²) in [6.45, 7) is 5.31. The smallest absolute Gasteiger partial charge is 0.407 e. The molecule has 6 nitrogen and oxygen atoms in total. The second-order valence-electron chi connectivity index (χ2n) is 7.44. The fourth-order valence-electron chi connectivity index (χ4n) is 3.65. The predicted octanol–water partition coefficient (Wildman–Crippen LogP) is 2.12. The number of hydrogen-bond acceptors (Lipinski definition) is 3. The summed E-state index contributed by atoms with van der Waals surface area (Å²) in [4.78, 5) is 27.7. The second kappa shape index (κ2) is 7.04. The van der Waals surface area contributed by atoms with Crippen molar-refractivity contribution in [2.75, 3.05) is 13.1 Å². The van der Waals surface area contributed by atoms with Gasteiger partial charge in [0.1, 0.15) is 0 Å². The van der Waals surface area contributed by atoms with Crippen LogP contribution in [0.3, 0.4) is 0 Å². The number of benzene rings is 1. The number of carboxylic acid groups (broad SMARTS) is 1. The number of carbonyl (C=O) groups is 2. The number of likely N-dealkylation sites (tertiary alicyclic amines) is 1. The molecule has 3 rings (SSSR count). The summed E-state index contributed by atoms with van der Waals surface area (Å²) in [6, 6.07) is 6.17. The maximum absolute atomic E-state index is 13.1. The Labute approximate surface area is 148 Å². The Bertz CT molecular complexity index is 672. The van der Waals surface area contributed by atoms with Crippen LogP contribution < -0.4 is 5.73 Å². The summed E-state index contributed by atoms with van der Waals surface area (Å²) in [5.41, 5.74) is 9.60. The van der Waals surface area contributed by atoms with Crippen LogP contribution in [0.1, 0.15) is 36.0 Å². The lowest BCUT2D eigenvalue weighted by atomic mass is 9.93. The first-order valence-electron chi connectivity index (χ1n) is 8.96. The van der Waals surface area contributed by atoms with Crippen molar-refractivity contribution < 1.29 is 14.7 Å². The average molecular weight is 345 g/mol. The van der Waals surface area contributed by atoms with Crippen LogP contribution in [-0.4, -0.2) is 52.1 Å². The molecular weight excluding hydrogens is 318 g/mol. The number of nitrogens with zero attached hydrogens (tertiary/aromatic N) is 2. The van der Waals surface area contributed by atoms with Crippen LogP contribution in [0.2, 0.25) is 0 Å². The zero-order valence-corrected chi connectivity index (χ0v) is 14.9. The molecule has 2 aliphatic rings. The van der Waals surface area contributed by atoms with E-state index in [2.05, 4.69) is 26.0 Å². The minimum atomic E-state index is -1.000. The Balaban J connectivity index is 1.77. The predicted molar refractivity (Wildman–Crippen MR) is 95.2 cm³/mol. The van der Waals surface area contributed by atoms with Gasteiger partial charge in [-0.25, -0.2) is 4.79 Å². The third kappa shape index (κ3) is 3.95. The van der Waals surface area contributed by atoms with Crippen LogP contribution in [0.15, 0.2) is 18.2 Å². The standard InChI is InChI=1S/C19H27N3O3/c1-12-4-3-5-14(13(12)2)10-22(17-6-7-17)18(23)15-8-16(20)11-21(9-15)19(24)25/h3-5,15-17H,6-11,20H2,1-2H3,(H,24,25)/t15-,16+/m0/s1. The Morgan fingerprint density at radius 2 is 2.00 bits per heavy atom. The normalized spacial score (nSPS) is 23.4. The van der Waals surface area contributed by atoms with E-state index >= 15 is 0 Å². The molecule has 0 radical (unpaired) electrons. The number of amides is 2. The lowest BCUT2D eigenvalue weighted by Gasteiger charge is -2.36. The van der Waals surface area contributed by atoms with E-state index in [0.29, 0.717) is 19.5 Å². The van der Waals surface area contributed by atoms with Gasteiger partial charge < -0.3 is 20.6 Å². The highest BCUT2D eigenvalue weighted by molar-refractivity contribution is 5.81. The summed E-state index contributed by atoms with van der Waals surface area (Å²) in [6.07, 6.45) is 1.61. The molecule has 1 aromatic rings. The lowest BCUT2D eigenvalue weighted by Crippen LogP contribution is -2.53. The zero-order valence-electron chi connectivity index (χ0n) is 14.9. The van der Waals surface area contributed by atoms with Crippen LogP contribution in [0, 0.1) is 19.8 Å². The van der Waals surface area contributed by atoms with Crippen LogP contribution in [0.25, 0.3) is 0 Å². The third-order valence-electron chi connectivity index (χ3n) is 5.43. The van der Waals surface area contributed by atoms with Crippen LogP contribution in [0.5, 0.6) is 0 Å². The van der Waals surface area contributed by atoms with Gasteiger partial charge in [0.15, 0.2) is 0 Å². The minimum Gasteiger partial charge on any atom is -0.465 e. The quantitative estimate of drug-likeness (QED) is 0.875. The molecule has 1 saturated heterocycles. The summed E-state index contributed by atoms with van der Waals surface area (Å²) in [5.74, 6) is -0.296. The number of rotatable bonds is 4. The van der Waals surface area contributed by atoms with E-state index in [0.717, 1.165) is 18.4 Å². The molecule has 1 heterocycles. The molecule has 1 aliphatic carbocycles. The van der Waals surface area contributed by atoms with Gasteiger partial charge in [-0.05, 0) is 49.8 Å². The van der Waals surface area contributed by atoms with Gasteiger partial charge in [-0.3, -0.25) is 4.79 Å². The molecule has 0 spiro atoms. The molecule has 1 saturated carbocycles. The maximum Gasteiger partial charge on any atom is 0.407 e. The van der Waals surface area contributed by atoms with Gasteiger partial charge in [-0.15, -0.1) is 0 Å². The molecule has 2 atom stereocenters. The lowest BCUT2D eigenvalue weighted by molar-refractivity contribution is -0.138. The molecule has 0 aromatic heterocycles. The number of nitrogens with two attached hydrogens (primary N) is 1. The second-order valence-corrected chi connectivity index (χ2v) is 7.44. The zero-order chi connectivity index (χ0) is 18.1. The highest BCUT2D eigenvalue weighted by atomic mass is 16.4. The number of carbonyl (C=O) groups excluding carboxylic acids is 1. The number of hydrogen-bond donors (Lipinski definition) is 2. The maximum atomic E-state index is 13.1. The van der Waals surface area contributed by atoms with Gasteiger partial charge in [-0.2, -0.15) is 0 Å². The van der Waals surface area contributed by atoms with E-state index in [9.17, 15) is 14.7 Å².